The minimum absolute atomic E-state index is 0.00341. The molecule has 4 atom stereocenters. The van der Waals surface area contributed by atoms with Gasteiger partial charge in [0.1, 0.15) is 0 Å². The van der Waals surface area contributed by atoms with Gasteiger partial charge in [0, 0.05) is 44.1 Å². The van der Waals surface area contributed by atoms with Crippen molar-refractivity contribution in [1.29, 1.82) is 0 Å². The third-order valence-corrected chi connectivity index (χ3v) is 8.16. The highest BCUT2D eigenvalue weighted by Crippen LogP contribution is 2.42. The van der Waals surface area contributed by atoms with E-state index in [4.69, 9.17) is 19.3 Å². The van der Waals surface area contributed by atoms with Crippen LogP contribution < -0.4 is 5.32 Å². The summed E-state index contributed by atoms with van der Waals surface area (Å²) in [5.41, 5.74) is 5.82. The summed E-state index contributed by atoms with van der Waals surface area (Å²) < 4.78 is 18.8. The van der Waals surface area contributed by atoms with Crippen molar-refractivity contribution < 1.29 is 34.0 Å². The van der Waals surface area contributed by atoms with E-state index in [1.54, 1.807) is 0 Å². The fourth-order valence-corrected chi connectivity index (χ4v) is 5.57. The summed E-state index contributed by atoms with van der Waals surface area (Å²) in [4.78, 5) is 25.0. The number of rotatable bonds is 11. The van der Waals surface area contributed by atoms with E-state index in [0.29, 0.717) is 6.54 Å². The van der Waals surface area contributed by atoms with Crippen LogP contribution in [0.1, 0.15) is 54.4 Å². The molecule has 2 saturated heterocycles. The van der Waals surface area contributed by atoms with Gasteiger partial charge < -0.3 is 29.7 Å². The first-order valence-electron chi connectivity index (χ1n) is 14.9. The summed E-state index contributed by atoms with van der Waals surface area (Å²) in [6, 6.07) is 24.0. The number of morpholine rings is 1. The maximum Gasteiger partial charge on any atom is 0.303 e. The number of carbonyl (C=O) groups is 2. The Hall–Kier alpha value is -3.60. The first-order valence-corrected chi connectivity index (χ1v) is 14.9. The Morgan fingerprint density at radius 1 is 0.884 bits per heavy atom. The highest BCUT2D eigenvalue weighted by Gasteiger charge is 2.39. The van der Waals surface area contributed by atoms with Crippen molar-refractivity contribution >= 4 is 11.9 Å². The number of nitrogens with zero attached hydrogens (tertiary/aromatic N) is 1. The maximum absolute atomic E-state index is 11.9. The van der Waals surface area contributed by atoms with Crippen molar-refractivity contribution in [3.63, 3.8) is 0 Å². The van der Waals surface area contributed by atoms with E-state index in [-0.39, 0.29) is 43.5 Å². The number of aliphatic hydroxyl groups excluding tert-OH is 1. The number of hydrogen-bond donors (Lipinski definition) is 3. The molecule has 0 saturated carbocycles. The average Bonchev–Trinajstić information content (AvgIpc) is 3.04. The van der Waals surface area contributed by atoms with Gasteiger partial charge in [-0.15, -0.1) is 0 Å². The van der Waals surface area contributed by atoms with Crippen LogP contribution in [0.2, 0.25) is 0 Å². The number of hydrogen-bond acceptors (Lipinski definition) is 7. The molecular formula is C34H40N2O7. The molecule has 3 aromatic rings. The molecule has 3 N–H and O–H groups in total. The van der Waals surface area contributed by atoms with Gasteiger partial charge in [0.2, 0.25) is 5.91 Å². The van der Waals surface area contributed by atoms with Crippen LogP contribution in [0.15, 0.2) is 72.8 Å². The maximum atomic E-state index is 11.9. The molecule has 0 aliphatic carbocycles. The summed E-state index contributed by atoms with van der Waals surface area (Å²) in [5.74, 6) is -1.15. The lowest BCUT2D eigenvalue weighted by Crippen LogP contribution is -2.47. The predicted octanol–water partition coefficient (Wildman–Crippen LogP) is 4.45. The number of carboxylic acid groups (broad SMARTS) is 1. The van der Waals surface area contributed by atoms with Crippen LogP contribution in [0.5, 0.6) is 0 Å². The zero-order valence-corrected chi connectivity index (χ0v) is 24.5. The van der Waals surface area contributed by atoms with E-state index in [2.05, 4.69) is 17.1 Å². The van der Waals surface area contributed by atoms with Crippen LogP contribution in [-0.2, 0) is 37.0 Å². The van der Waals surface area contributed by atoms with Crippen LogP contribution >= 0.6 is 0 Å². The van der Waals surface area contributed by atoms with E-state index < -0.39 is 12.3 Å². The van der Waals surface area contributed by atoms with Crippen LogP contribution in [0.25, 0.3) is 11.1 Å². The van der Waals surface area contributed by atoms with Crippen LogP contribution in [-0.4, -0.2) is 65.9 Å². The third kappa shape index (κ3) is 8.28. The van der Waals surface area contributed by atoms with Crippen molar-refractivity contribution in [2.45, 2.75) is 51.4 Å². The van der Waals surface area contributed by atoms with E-state index >= 15 is 0 Å². The van der Waals surface area contributed by atoms with E-state index in [1.165, 1.54) is 0 Å². The number of ether oxygens (including phenoxy) is 3. The number of amides is 1. The predicted molar refractivity (Wildman–Crippen MR) is 161 cm³/mol. The second kappa shape index (κ2) is 14.7. The molecule has 2 aliphatic rings. The SMILES string of the molecule is CC1C(CN2CCOCC2)OC(c2ccc(-c3cccc(CNC(=O)CCC(=O)O)c3)cc2)OC1c1ccc(CO)cc1. The minimum atomic E-state index is -0.987. The molecular weight excluding hydrogens is 548 g/mol. The molecule has 3 aromatic carbocycles. The summed E-state index contributed by atoms with van der Waals surface area (Å²) in [6.07, 6.45) is -0.967. The Labute approximate surface area is 252 Å². The number of carboxylic acids is 1. The molecule has 5 rings (SSSR count). The highest BCUT2D eigenvalue weighted by atomic mass is 16.7. The molecule has 0 radical (unpaired) electrons. The lowest BCUT2D eigenvalue weighted by atomic mass is 9.90. The molecule has 2 heterocycles. The number of benzene rings is 3. The van der Waals surface area contributed by atoms with E-state index in [0.717, 1.165) is 66.2 Å². The molecule has 0 spiro atoms. The molecule has 9 nitrogen and oxygen atoms in total. The fourth-order valence-electron chi connectivity index (χ4n) is 5.57. The molecule has 1 amide bonds. The Kier molecular flexibility index (Phi) is 10.6. The molecule has 0 aromatic heterocycles. The zero-order valence-electron chi connectivity index (χ0n) is 24.5. The monoisotopic (exact) mass is 588 g/mol. The summed E-state index contributed by atoms with van der Waals surface area (Å²) in [7, 11) is 0. The van der Waals surface area contributed by atoms with Crippen LogP contribution in [0.3, 0.4) is 0 Å². The van der Waals surface area contributed by atoms with Gasteiger partial charge >= 0.3 is 5.97 Å². The zero-order chi connectivity index (χ0) is 30.2. The van der Waals surface area contributed by atoms with Crippen molar-refractivity contribution in [3.05, 3.63) is 95.1 Å². The second-order valence-corrected chi connectivity index (χ2v) is 11.2. The summed E-state index contributed by atoms with van der Waals surface area (Å²) in [5, 5.41) is 21.1. The van der Waals surface area contributed by atoms with Gasteiger partial charge in [0.25, 0.3) is 0 Å². The van der Waals surface area contributed by atoms with Crippen LogP contribution in [0, 0.1) is 5.92 Å². The Bertz CT molecular complexity index is 1360. The third-order valence-electron chi connectivity index (χ3n) is 8.16. The van der Waals surface area contributed by atoms with Gasteiger partial charge in [-0.05, 0) is 33.9 Å². The van der Waals surface area contributed by atoms with Crippen molar-refractivity contribution in [1.82, 2.24) is 10.2 Å². The normalized spacial score (nSPS) is 22.7. The van der Waals surface area contributed by atoms with Gasteiger partial charge in [-0.25, -0.2) is 0 Å². The number of aliphatic hydroxyl groups is 1. The fraction of sp³-hybridized carbons (Fsp3) is 0.412. The topological polar surface area (TPSA) is 118 Å². The molecule has 9 heteroatoms. The quantitative estimate of drug-likeness (QED) is 0.301. The second-order valence-electron chi connectivity index (χ2n) is 11.2. The van der Waals surface area contributed by atoms with Crippen molar-refractivity contribution in [2.75, 3.05) is 32.8 Å². The van der Waals surface area contributed by atoms with Gasteiger partial charge in [0.05, 0.1) is 38.4 Å². The Morgan fingerprint density at radius 3 is 2.30 bits per heavy atom. The first kappa shape index (κ1) is 30.8. The molecule has 2 fully saturated rings. The standard InChI is InChI=1S/C34H40N2O7/c1-23-30(21-36-15-17-41-18-16-36)42-34(43-33(23)27-7-5-24(22-37)6-8-27)28-11-9-26(10-12-28)29-4-2-3-25(19-29)20-35-31(38)13-14-32(39)40/h2-12,19,23,30,33-34,37H,13-18,20-22H2,1H3,(H,35,38)(H,39,40). The summed E-state index contributed by atoms with van der Waals surface area (Å²) >= 11 is 0. The molecule has 4 unspecified atom stereocenters. The first-order chi connectivity index (χ1) is 20.9. The van der Waals surface area contributed by atoms with E-state index in [1.807, 2.05) is 72.8 Å². The van der Waals surface area contributed by atoms with Gasteiger partial charge in [0.15, 0.2) is 6.29 Å². The Morgan fingerprint density at radius 2 is 1.60 bits per heavy atom. The van der Waals surface area contributed by atoms with Gasteiger partial charge in [-0.1, -0.05) is 73.7 Å². The smallest absolute Gasteiger partial charge is 0.303 e. The number of carbonyl (C=O) groups excluding carboxylic acids is 1. The molecule has 43 heavy (non-hydrogen) atoms. The lowest BCUT2D eigenvalue weighted by Gasteiger charge is -2.43. The minimum Gasteiger partial charge on any atom is -0.481 e. The largest absolute Gasteiger partial charge is 0.481 e. The lowest BCUT2D eigenvalue weighted by molar-refractivity contribution is -0.277. The molecule has 228 valence electrons. The van der Waals surface area contributed by atoms with Crippen LogP contribution in [0.4, 0.5) is 0 Å². The van der Waals surface area contributed by atoms with Gasteiger partial charge in [-0.2, -0.15) is 0 Å². The van der Waals surface area contributed by atoms with Gasteiger partial charge in [-0.3, -0.25) is 14.5 Å². The van der Waals surface area contributed by atoms with Crippen molar-refractivity contribution in [3.8, 4) is 11.1 Å². The van der Waals surface area contributed by atoms with Crippen molar-refractivity contribution in [2.24, 2.45) is 5.92 Å². The average molecular weight is 589 g/mol. The molecule has 0 bridgehead atoms. The van der Waals surface area contributed by atoms with E-state index in [9.17, 15) is 14.7 Å². The number of aliphatic carboxylic acids is 1. The highest BCUT2D eigenvalue weighted by molar-refractivity contribution is 5.80. The Balaban J connectivity index is 1.30. The number of nitrogens with one attached hydrogen (secondary N) is 1. The summed E-state index contributed by atoms with van der Waals surface area (Å²) in [6.45, 7) is 6.53. The molecule has 2 aliphatic heterocycles.